The highest BCUT2D eigenvalue weighted by Crippen LogP contribution is 2.30. The van der Waals surface area contributed by atoms with Crippen molar-refractivity contribution < 1.29 is 0 Å². The maximum atomic E-state index is 5.86. The summed E-state index contributed by atoms with van der Waals surface area (Å²) < 4.78 is 2.12. The van der Waals surface area contributed by atoms with Gasteiger partial charge in [0.25, 0.3) is 0 Å². The minimum Gasteiger partial charge on any atom is -0.399 e. The van der Waals surface area contributed by atoms with Gasteiger partial charge in [0.05, 0.1) is 18.3 Å². The molecular weight excluding hydrogens is 260 g/mol. The molecule has 2 aromatic rings. The summed E-state index contributed by atoms with van der Waals surface area (Å²) in [6.07, 6.45) is 5.45. The average molecular weight is 284 g/mol. The molecule has 0 bridgehead atoms. The number of hydrogen-bond donors (Lipinski definition) is 1. The molecule has 0 aliphatic carbocycles. The Bertz CT molecular complexity index is 613. The molecule has 0 atom stereocenters. The van der Waals surface area contributed by atoms with E-state index in [4.69, 9.17) is 10.8 Å². The SMILES string of the molecule is CCC(CC)n1ccc(CN2CCc3cc(N)ccc32)n1. The van der Waals surface area contributed by atoms with Crippen molar-refractivity contribution in [1.29, 1.82) is 0 Å². The van der Waals surface area contributed by atoms with Crippen LogP contribution in [0.25, 0.3) is 0 Å². The molecular formula is C17H24N4. The number of nitrogens with zero attached hydrogens (tertiary/aromatic N) is 3. The van der Waals surface area contributed by atoms with Crippen molar-refractivity contribution in [3.8, 4) is 0 Å². The van der Waals surface area contributed by atoms with Gasteiger partial charge in [0.15, 0.2) is 0 Å². The molecule has 21 heavy (non-hydrogen) atoms. The van der Waals surface area contributed by atoms with Gasteiger partial charge in [-0.25, -0.2) is 0 Å². The lowest BCUT2D eigenvalue weighted by atomic mass is 10.1. The van der Waals surface area contributed by atoms with Crippen LogP contribution in [0.1, 0.15) is 44.0 Å². The number of benzene rings is 1. The number of rotatable bonds is 5. The first kappa shape index (κ1) is 14.0. The van der Waals surface area contributed by atoms with E-state index in [0.717, 1.165) is 43.7 Å². The Labute approximate surface area is 126 Å². The number of aromatic nitrogens is 2. The molecule has 0 radical (unpaired) electrons. The van der Waals surface area contributed by atoms with Gasteiger partial charge in [-0.1, -0.05) is 13.8 Å². The highest BCUT2D eigenvalue weighted by Gasteiger charge is 2.20. The molecule has 1 aliphatic heterocycles. The first-order valence-electron chi connectivity index (χ1n) is 7.88. The van der Waals surface area contributed by atoms with E-state index in [1.54, 1.807) is 0 Å². The number of nitrogen functional groups attached to an aromatic ring is 1. The Kier molecular flexibility index (Phi) is 3.86. The zero-order valence-electron chi connectivity index (χ0n) is 12.9. The summed E-state index contributed by atoms with van der Waals surface area (Å²) in [6.45, 7) is 6.37. The lowest BCUT2D eigenvalue weighted by Gasteiger charge is -2.18. The van der Waals surface area contributed by atoms with Gasteiger partial charge < -0.3 is 10.6 Å². The third-order valence-electron chi connectivity index (χ3n) is 4.43. The third kappa shape index (κ3) is 2.75. The van der Waals surface area contributed by atoms with E-state index < -0.39 is 0 Å². The Morgan fingerprint density at radius 1 is 1.24 bits per heavy atom. The Morgan fingerprint density at radius 2 is 2.05 bits per heavy atom. The number of fused-ring (bicyclic) bond motifs is 1. The second-order valence-electron chi connectivity index (χ2n) is 5.82. The molecule has 0 spiro atoms. The summed E-state index contributed by atoms with van der Waals surface area (Å²) in [5.74, 6) is 0. The molecule has 0 amide bonds. The van der Waals surface area contributed by atoms with Crippen molar-refractivity contribution in [3.05, 3.63) is 41.7 Å². The fourth-order valence-electron chi connectivity index (χ4n) is 3.18. The van der Waals surface area contributed by atoms with Gasteiger partial charge in [0, 0.05) is 24.1 Å². The second-order valence-corrected chi connectivity index (χ2v) is 5.82. The summed E-state index contributed by atoms with van der Waals surface area (Å²) in [6, 6.07) is 8.88. The molecule has 1 aliphatic rings. The minimum atomic E-state index is 0.518. The maximum absolute atomic E-state index is 5.86. The van der Waals surface area contributed by atoms with Crippen molar-refractivity contribution in [2.24, 2.45) is 0 Å². The first-order valence-corrected chi connectivity index (χ1v) is 7.88. The summed E-state index contributed by atoms with van der Waals surface area (Å²) in [5.41, 5.74) is 10.5. The van der Waals surface area contributed by atoms with Crippen molar-refractivity contribution in [1.82, 2.24) is 9.78 Å². The van der Waals surface area contributed by atoms with Crippen LogP contribution in [0, 0.1) is 0 Å². The highest BCUT2D eigenvalue weighted by atomic mass is 15.3. The summed E-state index contributed by atoms with van der Waals surface area (Å²) >= 11 is 0. The largest absolute Gasteiger partial charge is 0.399 e. The van der Waals surface area contributed by atoms with Crippen LogP contribution >= 0.6 is 0 Å². The zero-order chi connectivity index (χ0) is 14.8. The molecule has 112 valence electrons. The van der Waals surface area contributed by atoms with Crippen LogP contribution in [-0.4, -0.2) is 16.3 Å². The molecule has 0 saturated heterocycles. The Hall–Kier alpha value is -1.97. The minimum absolute atomic E-state index is 0.518. The molecule has 0 unspecified atom stereocenters. The van der Waals surface area contributed by atoms with E-state index in [0.29, 0.717) is 6.04 Å². The predicted octanol–water partition coefficient (Wildman–Crippen LogP) is 3.39. The van der Waals surface area contributed by atoms with Crippen LogP contribution in [0.5, 0.6) is 0 Å². The van der Waals surface area contributed by atoms with Crippen molar-refractivity contribution in [2.75, 3.05) is 17.2 Å². The molecule has 4 nitrogen and oxygen atoms in total. The highest BCUT2D eigenvalue weighted by molar-refractivity contribution is 5.62. The molecule has 4 heteroatoms. The van der Waals surface area contributed by atoms with E-state index in [1.807, 2.05) is 6.07 Å². The molecule has 1 aromatic heterocycles. The van der Waals surface area contributed by atoms with Gasteiger partial charge in [0.2, 0.25) is 0 Å². The maximum Gasteiger partial charge on any atom is 0.0817 e. The van der Waals surface area contributed by atoms with Gasteiger partial charge in [-0.15, -0.1) is 0 Å². The van der Waals surface area contributed by atoms with E-state index in [9.17, 15) is 0 Å². The van der Waals surface area contributed by atoms with E-state index in [1.165, 1.54) is 11.3 Å². The molecule has 2 N–H and O–H groups in total. The molecule has 1 aromatic carbocycles. The van der Waals surface area contributed by atoms with E-state index >= 15 is 0 Å². The van der Waals surface area contributed by atoms with Gasteiger partial charge in [-0.2, -0.15) is 5.10 Å². The normalized spacial score (nSPS) is 14.0. The lowest BCUT2D eigenvalue weighted by molar-refractivity contribution is 0.425. The fraction of sp³-hybridized carbons (Fsp3) is 0.471. The smallest absolute Gasteiger partial charge is 0.0817 e. The summed E-state index contributed by atoms with van der Waals surface area (Å²) in [7, 11) is 0. The monoisotopic (exact) mass is 284 g/mol. The number of anilines is 2. The van der Waals surface area contributed by atoms with Crippen LogP contribution in [0.4, 0.5) is 11.4 Å². The van der Waals surface area contributed by atoms with Crippen molar-refractivity contribution in [3.63, 3.8) is 0 Å². The predicted molar refractivity (Wildman–Crippen MR) is 87.5 cm³/mol. The Balaban J connectivity index is 1.74. The van der Waals surface area contributed by atoms with Gasteiger partial charge in [-0.05, 0) is 49.1 Å². The fourth-order valence-corrected chi connectivity index (χ4v) is 3.18. The topological polar surface area (TPSA) is 47.1 Å². The first-order chi connectivity index (χ1) is 10.2. The summed E-state index contributed by atoms with van der Waals surface area (Å²) in [5, 5.41) is 4.76. The van der Waals surface area contributed by atoms with Crippen LogP contribution < -0.4 is 10.6 Å². The van der Waals surface area contributed by atoms with Crippen molar-refractivity contribution in [2.45, 2.75) is 45.7 Å². The van der Waals surface area contributed by atoms with Crippen LogP contribution in [0.3, 0.4) is 0 Å². The van der Waals surface area contributed by atoms with Gasteiger partial charge in [0.1, 0.15) is 0 Å². The zero-order valence-corrected chi connectivity index (χ0v) is 12.9. The van der Waals surface area contributed by atoms with Crippen molar-refractivity contribution >= 4 is 11.4 Å². The van der Waals surface area contributed by atoms with Crippen LogP contribution in [0.2, 0.25) is 0 Å². The molecule has 0 fully saturated rings. The van der Waals surface area contributed by atoms with Gasteiger partial charge >= 0.3 is 0 Å². The second kappa shape index (κ2) is 5.80. The van der Waals surface area contributed by atoms with Crippen LogP contribution in [0.15, 0.2) is 30.5 Å². The van der Waals surface area contributed by atoms with Crippen LogP contribution in [-0.2, 0) is 13.0 Å². The standard InChI is InChI=1S/C17H24N4/c1-3-16(4-2)21-10-8-15(19-21)12-20-9-7-13-11-14(18)5-6-17(13)20/h5-6,8,10-11,16H,3-4,7,9,12,18H2,1-2H3. The van der Waals surface area contributed by atoms with E-state index in [-0.39, 0.29) is 0 Å². The number of nitrogens with two attached hydrogens (primary N) is 1. The third-order valence-corrected chi connectivity index (χ3v) is 4.43. The summed E-state index contributed by atoms with van der Waals surface area (Å²) in [4.78, 5) is 2.40. The Morgan fingerprint density at radius 3 is 2.81 bits per heavy atom. The average Bonchev–Trinajstić information content (AvgIpc) is 3.08. The molecule has 0 saturated carbocycles. The van der Waals surface area contributed by atoms with Gasteiger partial charge in [-0.3, -0.25) is 4.68 Å². The molecule has 2 heterocycles. The quantitative estimate of drug-likeness (QED) is 0.856. The number of hydrogen-bond acceptors (Lipinski definition) is 3. The lowest BCUT2D eigenvalue weighted by Crippen LogP contribution is -2.20. The molecule has 3 rings (SSSR count). The van der Waals surface area contributed by atoms with E-state index in [2.05, 4.69) is 47.8 Å².